The fraction of sp³-hybridized carbons (Fsp3) is 0.400. The van der Waals surface area contributed by atoms with Crippen molar-refractivity contribution < 1.29 is 4.74 Å². The highest BCUT2D eigenvalue weighted by Crippen LogP contribution is 2.26. The second-order valence-corrected chi connectivity index (χ2v) is 7.93. The summed E-state index contributed by atoms with van der Waals surface area (Å²) in [6.07, 6.45) is 6.98. The molecule has 0 atom stereocenters. The Balaban J connectivity index is 1.99. The van der Waals surface area contributed by atoms with Gasteiger partial charge < -0.3 is 10.1 Å². The van der Waals surface area contributed by atoms with Crippen molar-refractivity contribution in [3.05, 3.63) is 43.0 Å². The van der Waals surface area contributed by atoms with Gasteiger partial charge in [-0.1, -0.05) is 0 Å². The van der Waals surface area contributed by atoms with Crippen LogP contribution in [0.4, 0.5) is 5.82 Å². The Hall–Kier alpha value is -2.60. The molecule has 0 saturated carbocycles. The summed E-state index contributed by atoms with van der Waals surface area (Å²) in [5.41, 5.74) is 1.22. The first kappa shape index (κ1) is 18.2. The lowest BCUT2D eigenvalue weighted by atomic mass is 10.1. The van der Waals surface area contributed by atoms with Crippen LogP contribution < -0.4 is 5.32 Å². The molecule has 0 aliphatic heterocycles. The Morgan fingerprint density at radius 1 is 0.923 bits per heavy atom. The van der Waals surface area contributed by atoms with Crippen molar-refractivity contribution in [2.24, 2.45) is 0 Å². The van der Waals surface area contributed by atoms with Crippen molar-refractivity contribution in [2.75, 3.05) is 11.9 Å². The fourth-order valence-corrected chi connectivity index (χ4v) is 2.46. The lowest BCUT2D eigenvalue weighted by Crippen LogP contribution is -2.39. The molecular weight excluding hydrogens is 326 g/mol. The van der Waals surface area contributed by atoms with Gasteiger partial charge in [0.05, 0.1) is 29.5 Å². The quantitative estimate of drug-likeness (QED) is 0.746. The zero-order valence-electron chi connectivity index (χ0n) is 15.9. The number of nitrogens with zero attached hydrogens (tertiary/aromatic N) is 4. The van der Waals surface area contributed by atoms with E-state index in [9.17, 15) is 0 Å². The predicted molar refractivity (Wildman–Crippen MR) is 104 cm³/mol. The molecule has 0 aliphatic rings. The van der Waals surface area contributed by atoms with Crippen LogP contribution in [0.1, 0.15) is 34.6 Å². The van der Waals surface area contributed by atoms with Gasteiger partial charge in [-0.15, -0.1) is 0 Å². The van der Waals surface area contributed by atoms with Crippen LogP contribution in [0.2, 0.25) is 0 Å². The fourth-order valence-electron chi connectivity index (χ4n) is 2.46. The van der Waals surface area contributed by atoms with Crippen LogP contribution in [0.15, 0.2) is 43.0 Å². The van der Waals surface area contributed by atoms with Gasteiger partial charge in [-0.25, -0.2) is 9.97 Å². The van der Waals surface area contributed by atoms with Gasteiger partial charge in [0, 0.05) is 29.5 Å². The number of aromatic nitrogens is 4. The Bertz CT molecular complexity index is 888. The third-order valence-corrected chi connectivity index (χ3v) is 3.76. The second kappa shape index (κ2) is 6.96. The molecule has 26 heavy (non-hydrogen) atoms. The van der Waals surface area contributed by atoms with Crippen LogP contribution in [0.25, 0.3) is 22.3 Å². The van der Waals surface area contributed by atoms with E-state index in [2.05, 4.69) is 54.9 Å². The van der Waals surface area contributed by atoms with Gasteiger partial charge in [0.15, 0.2) is 5.82 Å². The molecule has 0 fully saturated rings. The third kappa shape index (κ3) is 4.52. The maximum atomic E-state index is 5.97. The molecular formula is C20H25N5O. The average Bonchev–Trinajstić information content (AvgIpc) is 2.60. The van der Waals surface area contributed by atoms with Crippen LogP contribution >= 0.6 is 0 Å². The van der Waals surface area contributed by atoms with Crippen molar-refractivity contribution in [1.82, 2.24) is 19.9 Å². The zero-order chi connectivity index (χ0) is 18.8. The van der Waals surface area contributed by atoms with E-state index in [1.54, 1.807) is 24.8 Å². The summed E-state index contributed by atoms with van der Waals surface area (Å²) in [6, 6.07) is 5.72. The van der Waals surface area contributed by atoms with Crippen molar-refractivity contribution in [3.63, 3.8) is 0 Å². The number of ether oxygens (including phenoxy) is 1. The Morgan fingerprint density at radius 2 is 1.62 bits per heavy atom. The van der Waals surface area contributed by atoms with Gasteiger partial charge in [-0.05, 0) is 52.8 Å². The van der Waals surface area contributed by atoms with E-state index in [0.717, 1.165) is 22.3 Å². The summed E-state index contributed by atoms with van der Waals surface area (Å²) >= 11 is 0. The molecule has 0 radical (unpaired) electrons. The first-order valence-electron chi connectivity index (χ1n) is 8.68. The molecule has 0 saturated heterocycles. The molecule has 0 amide bonds. The predicted octanol–water partition coefficient (Wildman–Crippen LogP) is 4.09. The minimum Gasteiger partial charge on any atom is -0.373 e. The molecule has 0 unspecified atom stereocenters. The van der Waals surface area contributed by atoms with Crippen molar-refractivity contribution >= 4 is 16.7 Å². The molecule has 3 heterocycles. The van der Waals surface area contributed by atoms with E-state index in [4.69, 9.17) is 9.72 Å². The van der Waals surface area contributed by atoms with Gasteiger partial charge in [0.25, 0.3) is 0 Å². The van der Waals surface area contributed by atoms with Crippen LogP contribution in [0, 0.1) is 0 Å². The van der Waals surface area contributed by atoms with Crippen molar-refractivity contribution in [3.8, 4) is 11.4 Å². The number of rotatable bonds is 5. The van der Waals surface area contributed by atoms with E-state index in [1.165, 1.54) is 0 Å². The molecule has 0 spiro atoms. The minimum absolute atomic E-state index is 0.196. The molecule has 3 rings (SSSR count). The molecule has 1 N–H and O–H groups in total. The summed E-state index contributed by atoms with van der Waals surface area (Å²) in [5.74, 6) is 1.41. The molecule has 0 aliphatic carbocycles. The maximum Gasteiger partial charge on any atom is 0.162 e. The first-order chi connectivity index (χ1) is 12.2. The summed E-state index contributed by atoms with van der Waals surface area (Å²) < 4.78 is 5.97. The van der Waals surface area contributed by atoms with Gasteiger partial charge in [0.1, 0.15) is 5.82 Å². The Morgan fingerprint density at radius 3 is 2.31 bits per heavy atom. The topological polar surface area (TPSA) is 72.8 Å². The van der Waals surface area contributed by atoms with Gasteiger partial charge in [-0.2, -0.15) is 0 Å². The first-order valence-corrected chi connectivity index (χ1v) is 8.68. The van der Waals surface area contributed by atoms with Crippen LogP contribution in [-0.2, 0) is 4.74 Å². The molecule has 0 bridgehead atoms. The largest absolute Gasteiger partial charge is 0.373 e. The van der Waals surface area contributed by atoms with Gasteiger partial charge >= 0.3 is 0 Å². The number of fused-ring (bicyclic) bond motifs is 1. The zero-order valence-corrected chi connectivity index (χ0v) is 15.9. The lowest BCUT2D eigenvalue weighted by molar-refractivity contribution is -0.0196. The summed E-state index contributed by atoms with van der Waals surface area (Å²) in [6.45, 7) is 10.9. The highest BCUT2D eigenvalue weighted by atomic mass is 16.5. The number of anilines is 1. The van der Waals surface area contributed by atoms with Gasteiger partial charge in [-0.3, -0.25) is 9.97 Å². The highest BCUT2D eigenvalue weighted by Gasteiger charge is 2.23. The Labute approximate surface area is 154 Å². The van der Waals surface area contributed by atoms with Crippen molar-refractivity contribution in [1.29, 1.82) is 0 Å². The SMILES string of the molecule is CC(C)(COC(C)(C)C)Nc1nc(-c2ccncc2)nc2cnccc12. The van der Waals surface area contributed by atoms with E-state index in [-0.39, 0.29) is 11.1 Å². The Kier molecular flexibility index (Phi) is 4.87. The number of pyridine rings is 2. The second-order valence-electron chi connectivity index (χ2n) is 7.93. The van der Waals surface area contributed by atoms with E-state index < -0.39 is 0 Å². The maximum absolute atomic E-state index is 5.97. The molecule has 0 aromatic carbocycles. The minimum atomic E-state index is -0.298. The summed E-state index contributed by atoms with van der Waals surface area (Å²) in [5, 5.41) is 4.46. The molecule has 6 nitrogen and oxygen atoms in total. The standard InChI is InChI=1S/C20H25N5O/c1-19(2,3)26-13-20(4,5)25-18-15-8-11-22-12-16(15)23-17(24-18)14-6-9-21-10-7-14/h6-12H,13H2,1-5H3,(H,23,24,25). The normalized spacial score (nSPS) is 12.3. The molecule has 6 heteroatoms. The molecule has 3 aromatic rings. The number of hydrogen-bond donors (Lipinski definition) is 1. The summed E-state index contributed by atoms with van der Waals surface area (Å²) in [7, 11) is 0. The van der Waals surface area contributed by atoms with E-state index in [0.29, 0.717) is 12.4 Å². The molecule has 136 valence electrons. The number of hydrogen-bond acceptors (Lipinski definition) is 6. The number of nitrogens with one attached hydrogen (secondary N) is 1. The van der Waals surface area contributed by atoms with E-state index in [1.807, 2.05) is 18.2 Å². The smallest absolute Gasteiger partial charge is 0.162 e. The molecule has 3 aromatic heterocycles. The van der Waals surface area contributed by atoms with Gasteiger partial charge in [0.2, 0.25) is 0 Å². The van der Waals surface area contributed by atoms with Crippen LogP contribution in [-0.4, -0.2) is 37.7 Å². The third-order valence-electron chi connectivity index (χ3n) is 3.76. The van der Waals surface area contributed by atoms with E-state index >= 15 is 0 Å². The summed E-state index contributed by atoms with van der Waals surface area (Å²) in [4.78, 5) is 17.7. The van der Waals surface area contributed by atoms with Crippen LogP contribution in [0.5, 0.6) is 0 Å². The highest BCUT2D eigenvalue weighted by molar-refractivity contribution is 5.90. The van der Waals surface area contributed by atoms with Crippen molar-refractivity contribution in [2.45, 2.75) is 45.8 Å². The monoisotopic (exact) mass is 351 g/mol. The lowest BCUT2D eigenvalue weighted by Gasteiger charge is -2.31. The van der Waals surface area contributed by atoms with Crippen LogP contribution in [0.3, 0.4) is 0 Å². The average molecular weight is 351 g/mol.